The van der Waals surface area contributed by atoms with Gasteiger partial charge in [0.05, 0.1) is 4.92 Å². The lowest BCUT2D eigenvalue weighted by Crippen LogP contribution is -2.55. The highest BCUT2D eigenvalue weighted by molar-refractivity contribution is 5.79. The van der Waals surface area contributed by atoms with Crippen LogP contribution in [0.3, 0.4) is 0 Å². The van der Waals surface area contributed by atoms with E-state index in [1.807, 2.05) is 6.21 Å². The number of non-ortho nitro benzene ring substituents is 1. The molecule has 4 aliphatic carbocycles. The molecule has 4 nitrogen and oxygen atoms in total. The van der Waals surface area contributed by atoms with Crippen molar-refractivity contribution in [3.8, 4) is 0 Å². The van der Waals surface area contributed by atoms with Gasteiger partial charge in [-0.25, -0.2) is 0 Å². The molecular formula is C20H26N2O2. The molecule has 0 aliphatic heterocycles. The second kappa shape index (κ2) is 5.14. The van der Waals surface area contributed by atoms with E-state index in [0.717, 1.165) is 18.0 Å². The van der Waals surface area contributed by atoms with Crippen LogP contribution >= 0.6 is 0 Å². The van der Waals surface area contributed by atoms with Crippen LogP contribution in [0, 0.1) is 32.3 Å². The van der Waals surface area contributed by atoms with Gasteiger partial charge in [-0.05, 0) is 78.4 Å². The van der Waals surface area contributed by atoms with Crippen LogP contribution in [0.5, 0.6) is 0 Å². The van der Waals surface area contributed by atoms with Gasteiger partial charge >= 0.3 is 0 Å². The summed E-state index contributed by atoms with van der Waals surface area (Å²) in [6.45, 7) is 5.89. The molecule has 128 valence electrons. The van der Waals surface area contributed by atoms with Crippen molar-refractivity contribution in [1.29, 1.82) is 0 Å². The molecule has 4 aliphatic rings. The van der Waals surface area contributed by atoms with E-state index in [1.54, 1.807) is 24.3 Å². The third kappa shape index (κ3) is 2.76. The van der Waals surface area contributed by atoms with E-state index < -0.39 is 0 Å². The number of nitro benzene ring substituents is 1. The first-order chi connectivity index (χ1) is 11.3. The Balaban J connectivity index is 1.48. The van der Waals surface area contributed by atoms with Gasteiger partial charge < -0.3 is 0 Å². The molecule has 1 aromatic carbocycles. The van der Waals surface area contributed by atoms with E-state index in [4.69, 9.17) is 4.99 Å². The smallest absolute Gasteiger partial charge is 0.269 e. The van der Waals surface area contributed by atoms with Crippen molar-refractivity contribution in [2.45, 2.75) is 52.4 Å². The third-order valence-corrected chi connectivity index (χ3v) is 6.51. The zero-order valence-corrected chi connectivity index (χ0v) is 14.6. The molecule has 24 heavy (non-hydrogen) atoms. The molecule has 0 heterocycles. The highest BCUT2D eigenvalue weighted by Gasteiger charge is 2.59. The van der Waals surface area contributed by atoms with Gasteiger partial charge in [0, 0.05) is 24.9 Å². The lowest BCUT2D eigenvalue weighted by atomic mass is 9.40. The molecule has 0 saturated heterocycles. The van der Waals surface area contributed by atoms with E-state index in [-0.39, 0.29) is 10.6 Å². The topological polar surface area (TPSA) is 55.5 Å². The number of rotatable bonds is 4. The summed E-state index contributed by atoms with van der Waals surface area (Å²) < 4.78 is 0. The summed E-state index contributed by atoms with van der Waals surface area (Å²) in [7, 11) is 0. The summed E-state index contributed by atoms with van der Waals surface area (Å²) in [5.41, 5.74) is 2.52. The van der Waals surface area contributed by atoms with Gasteiger partial charge in [-0.3, -0.25) is 15.1 Å². The predicted molar refractivity (Wildman–Crippen MR) is 95.4 cm³/mol. The van der Waals surface area contributed by atoms with Gasteiger partial charge in [-0.15, -0.1) is 0 Å². The van der Waals surface area contributed by atoms with Gasteiger partial charge in [-0.2, -0.15) is 0 Å². The van der Waals surface area contributed by atoms with Gasteiger partial charge in [0.15, 0.2) is 0 Å². The minimum Gasteiger partial charge on any atom is -0.292 e. The molecule has 0 spiro atoms. The molecule has 1 aromatic rings. The van der Waals surface area contributed by atoms with Gasteiger partial charge in [0.25, 0.3) is 5.69 Å². The third-order valence-electron chi connectivity index (χ3n) is 6.51. The van der Waals surface area contributed by atoms with Crippen molar-refractivity contribution in [3.63, 3.8) is 0 Å². The standard InChI is InChI=1S/C20H26N2O2/c1-18-7-16-8-19(2,11-18)13-20(9-16,12-18)14-21-10-15-3-5-17(6-4-15)22(23)24/h3-6,10,16H,7-9,11-14H2,1-2H3. The summed E-state index contributed by atoms with van der Waals surface area (Å²) in [4.78, 5) is 15.1. The van der Waals surface area contributed by atoms with E-state index >= 15 is 0 Å². The largest absolute Gasteiger partial charge is 0.292 e. The average Bonchev–Trinajstić information content (AvgIpc) is 2.43. The molecule has 4 heteroatoms. The van der Waals surface area contributed by atoms with Crippen molar-refractivity contribution >= 4 is 11.9 Å². The zero-order chi connectivity index (χ0) is 17.0. The maximum atomic E-state index is 10.7. The molecular weight excluding hydrogens is 300 g/mol. The number of benzene rings is 1. The monoisotopic (exact) mass is 326 g/mol. The highest BCUT2D eigenvalue weighted by atomic mass is 16.6. The molecule has 2 unspecified atom stereocenters. The maximum Gasteiger partial charge on any atom is 0.269 e. The van der Waals surface area contributed by atoms with Crippen molar-refractivity contribution < 1.29 is 4.92 Å². The normalized spacial score (nSPS) is 40.3. The van der Waals surface area contributed by atoms with Gasteiger partial charge in [-0.1, -0.05) is 13.8 Å². The van der Waals surface area contributed by atoms with E-state index in [2.05, 4.69) is 13.8 Å². The van der Waals surface area contributed by atoms with E-state index in [0.29, 0.717) is 16.2 Å². The lowest BCUT2D eigenvalue weighted by Gasteiger charge is -2.65. The SMILES string of the molecule is CC12CC3CC(C)(C1)CC(CN=Cc1ccc([N+](=O)[O-])cc1)(C3)C2. The van der Waals surface area contributed by atoms with Crippen molar-refractivity contribution in [1.82, 2.24) is 0 Å². The minimum absolute atomic E-state index is 0.133. The number of nitrogens with zero attached hydrogens (tertiary/aromatic N) is 2. The fourth-order valence-electron chi connectivity index (χ4n) is 6.89. The number of aliphatic imine (C=N–C) groups is 1. The first kappa shape index (κ1) is 15.8. The van der Waals surface area contributed by atoms with Crippen molar-refractivity contribution in [2.75, 3.05) is 6.54 Å². The quantitative estimate of drug-likeness (QED) is 0.443. The molecule has 5 rings (SSSR count). The number of nitro groups is 1. The molecule has 0 aromatic heterocycles. The average molecular weight is 326 g/mol. The summed E-state index contributed by atoms with van der Waals surface area (Å²) in [6.07, 6.45) is 10.1. The summed E-state index contributed by atoms with van der Waals surface area (Å²) in [6, 6.07) is 6.66. The lowest BCUT2D eigenvalue weighted by molar-refractivity contribution is -0.384. The molecule has 4 bridgehead atoms. The first-order valence-corrected chi connectivity index (χ1v) is 9.03. The van der Waals surface area contributed by atoms with Crippen LogP contribution in [0.4, 0.5) is 5.69 Å². The fourth-order valence-corrected chi connectivity index (χ4v) is 6.89. The molecule has 0 N–H and O–H groups in total. The number of hydrogen-bond acceptors (Lipinski definition) is 3. The first-order valence-electron chi connectivity index (χ1n) is 9.03. The molecule has 4 fully saturated rings. The molecule has 2 atom stereocenters. The summed E-state index contributed by atoms with van der Waals surface area (Å²) in [5.74, 6) is 0.894. The van der Waals surface area contributed by atoms with Crippen LogP contribution < -0.4 is 0 Å². The van der Waals surface area contributed by atoms with Gasteiger partial charge in [0.1, 0.15) is 0 Å². The molecule has 0 amide bonds. The Morgan fingerprint density at radius 2 is 1.75 bits per heavy atom. The van der Waals surface area contributed by atoms with Crippen LogP contribution in [0.15, 0.2) is 29.3 Å². The molecule has 0 radical (unpaired) electrons. The Bertz CT molecular complexity index is 676. The molecule has 4 saturated carbocycles. The summed E-state index contributed by atoms with van der Waals surface area (Å²) in [5, 5.41) is 10.7. The van der Waals surface area contributed by atoms with E-state index in [1.165, 1.54) is 38.5 Å². The Hall–Kier alpha value is -1.71. The Morgan fingerprint density at radius 1 is 1.12 bits per heavy atom. The van der Waals surface area contributed by atoms with Crippen LogP contribution in [-0.2, 0) is 0 Å². The van der Waals surface area contributed by atoms with Gasteiger partial charge in [0.2, 0.25) is 0 Å². The predicted octanol–water partition coefficient (Wildman–Crippen LogP) is 5.01. The Labute approximate surface area is 143 Å². The van der Waals surface area contributed by atoms with Crippen molar-refractivity contribution in [3.05, 3.63) is 39.9 Å². The highest BCUT2D eigenvalue weighted by Crippen LogP contribution is 2.69. The summed E-state index contributed by atoms with van der Waals surface area (Å²) >= 11 is 0. The Kier molecular flexibility index (Phi) is 3.38. The zero-order valence-electron chi connectivity index (χ0n) is 14.6. The second-order valence-corrected chi connectivity index (χ2v) is 9.45. The number of hydrogen-bond donors (Lipinski definition) is 0. The van der Waals surface area contributed by atoms with Crippen LogP contribution in [0.25, 0.3) is 0 Å². The van der Waals surface area contributed by atoms with Crippen molar-refractivity contribution in [2.24, 2.45) is 27.2 Å². The fraction of sp³-hybridized carbons (Fsp3) is 0.650. The second-order valence-electron chi connectivity index (χ2n) is 9.45. The van der Waals surface area contributed by atoms with E-state index in [9.17, 15) is 10.1 Å². The minimum atomic E-state index is -0.363. The van der Waals surface area contributed by atoms with Crippen LogP contribution in [0.2, 0.25) is 0 Å². The maximum absolute atomic E-state index is 10.7. The van der Waals surface area contributed by atoms with Crippen LogP contribution in [-0.4, -0.2) is 17.7 Å². The Morgan fingerprint density at radius 3 is 2.29 bits per heavy atom. The van der Waals surface area contributed by atoms with Crippen LogP contribution in [0.1, 0.15) is 57.9 Å².